The average Bonchev–Trinajstić information content (AvgIpc) is 2.61. The maximum atomic E-state index is 15.3. The molecule has 2 aliphatic rings. The van der Waals surface area contributed by atoms with Crippen molar-refractivity contribution in [1.29, 1.82) is 0 Å². The molecule has 0 aliphatic heterocycles. The van der Waals surface area contributed by atoms with Gasteiger partial charge in [0.15, 0.2) is 0 Å². The molecule has 0 bridgehead atoms. The van der Waals surface area contributed by atoms with E-state index in [-0.39, 0.29) is 0 Å². The summed E-state index contributed by atoms with van der Waals surface area (Å²) in [7, 11) is 0. The maximum absolute atomic E-state index is 15.3. The molecule has 0 N–H and O–H groups in total. The van der Waals surface area contributed by atoms with Crippen LogP contribution < -0.4 is 0 Å². The molecule has 24 heteroatoms. The van der Waals surface area contributed by atoms with Crippen LogP contribution in [0, 0.1) is 5.41 Å². The van der Waals surface area contributed by atoms with Gasteiger partial charge in [0.2, 0.25) is 0 Å². The lowest BCUT2D eigenvalue weighted by atomic mass is 9.42. The van der Waals surface area contributed by atoms with Gasteiger partial charge in [-0.25, -0.2) is 13.2 Å². The maximum Gasteiger partial charge on any atom is 0.430 e. The van der Waals surface area contributed by atoms with Crippen LogP contribution in [0.15, 0.2) is 0 Å². The molecule has 37 heavy (non-hydrogen) atoms. The van der Waals surface area contributed by atoms with E-state index < -0.39 is 76.5 Å². The van der Waals surface area contributed by atoms with Crippen molar-refractivity contribution in [2.75, 3.05) is 0 Å². The molecular formula is C13F24. The van der Waals surface area contributed by atoms with E-state index in [4.69, 9.17) is 0 Å². The van der Waals surface area contributed by atoms with Crippen molar-refractivity contribution in [3.63, 3.8) is 0 Å². The molecule has 0 aromatic rings. The van der Waals surface area contributed by atoms with Crippen LogP contribution >= 0.6 is 0 Å². The highest BCUT2D eigenvalue weighted by atomic mass is 19.4. The molecule has 3 unspecified atom stereocenters. The van der Waals surface area contributed by atoms with E-state index in [1.165, 1.54) is 0 Å². The summed E-state index contributed by atoms with van der Waals surface area (Å²) in [6.07, 6.45) is -28.1. The fraction of sp³-hybridized carbons (Fsp3) is 1.00. The number of hydrogen-bond donors (Lipinski definition) is 0. The molecule has 2 saturated carbocycles. The third kappa shape index (κ3) is 2.32. The largest absolute Gasteiger partial charge is 0.430 e. The van der Waals surface area contributed by atoms with Crippen molar-refractivity contribution in [3.8, 4) is 0 Å². The van der Waals surface area contributed by atoms with Crippen molar-refractivity contribution in [2.45, 2.75) is 71.1 Å². The van der Waals surface area contributed by atoms with Gasteiger partial charge in [0.25, 0.3) is 16.8 Å². The molecule has 3 atom stereocenters. The zero-order valence-electron chi connectivity index (χ0n) is 15.6. The SMILES string of the molecule is FC(F)(F)C1(F)C(F)(F)C(F)(F)C2(F)C(F)(F)C(F)(F)C(F)(F)C(F)(F)C2(F)C1(C(F)(F)F)C(F)(F)F. The summed E-state index contributed by atoms with van der Waals surface area (Å²) in [5, 5.41) is 0. The lowest BCUT2D eigenvalue weighted by Crippen LogP contribution is -3.02. The van der Waals surface area contributed by atoms with E-state index in [0.717, 1.165) is 0 Å². The Hall–Kier alpha value is -1.68. The summed E-state index contributed by atoms with van der Waals surface area (Å²) >= 11 is 0. The molecular weight excluding hydrogens is 612 g/mol. The van der Waals surface area contributed by atoms with Crippen LogP contribution in [0.25, 0.3) is 0 Å². The minimum absolute atomic E-state index is 8.86. The summed E-state index contributed by atoms with van der Waals surface area (Å²) in [6.45, 7) is 0. The molecule has 0 radical (unpaired) electrons. The molecule has 220 valence electrons. The highest BCUT2D eigenvalue weighted by Gasteiger charge is 3.20. The first-order valence-corrected chi connectivity index (χ1v) is 8.04. The Kier molecular flexibility index (Phi) is 5.58. The van der Waals surface area contributed by atoms with E-state index in [0.29, 0.717) is 0 Å². The van der Waals surface area contributed by atoms with Gasteiger partial charge >= 0.3 is 59.7 Å². The van der Waals surface area contributed by atoms with Gasteiger partial charge in [-0.3, -0.25) is 0 Å². The minimum atomic E-state index is -10.1. The van der Waals surface area contributed by atoms with Crippen molar-refractivity contribution < 1.29 is 105 Å². The predicted octanol–water partition coefficient (Wildman–Crippen LogP) is 7.62. The van der Waals surface area contributed by atoms with E-state index in [9.17, 15) is 101 Å². The first-order valence-electron chi connectivity index (χ1n) is 8.04. The summed E-state index contributed by atoms with van der Waals surface area (Å²) < 4.78 is 332. The van der Waals surface area contributed by atoms with E-state index >= 15 is 4.39 Å². The Bertz CT molecular complexity index is 947. The number of halogens is 24. The molecule has 0 nitrogen and oxygen atoms in total. The van der Waals surface area contributed by atoms with Crippen LogP contribution in [0.4, 0.5) is 105 Å². The summed E-state index contributed by atoms with van der Waals surface area (Å²) in [4.78, 5) is 0. The third-order valence-corrected chi connectivity index (χ3v) is 6.06. The topological polar surface area (TPSA) is 0 Å². The van der Waals surface area contributed by atoms with E-state index in [2.05, 4.69) is 0 Å². The van der Waals surface area contributed by atoms with Crippen molar-refractivity contribution >= 4 is 0 Å². The van der Waals surface area contributed by atoms with Gasteiger partial charge in [0.05, 0.1) is 0 Å². The molecule has 2 fully saturated rings. The average molecular weight is 612 g/mol. The van der Waals surface area contributed by atoms with Gasteiger partial charge in [-0.05, 0) is 0 Å². The van der Waals surface area contributed by atoms with E-state index in [1.807, 2.05) is 0 Å². The van der Waals surface area contributed by atoms with Gasteiger partial charge < -0.3 is 0 Å². The van der Waals surface area contributed by atoms with E-state index in [1.54, 1.807) is 0 Å². The monoisotopic (exact) mass is 612 g/mol. The summed E-state index contributed by atoms with van der Waals surface area (Å²) in [5.41, 5.74) is -39.7. The Balaban J connectivity index is 3.68. The summed E-state index contributed by atoms with van der Waals surface area (Å²) in [6, 6.07) is 0. The van der Waals surface area contributed by atoms with Gasteiger partial charge in [-0.2, -0.15) is 92.2 Å². The number of fused-ring (bicyclic) bond motifs is 1. The molecule has 0 amide bonds. The number of hydrogen-bond acceptors (Lipinski definition) is 0. The van der Waals surface area contributed by atoms with Crippen LogP contribution in [0.5, 0.6) is 0 Å². The molecule has 2 rings (SSSR count). The quantitative estimate of drug-likeness (QED) is 0.247. The molecule has 0 heterocycles. The number of alkyl halides is 24. The van der Waals surface area contributed by atoms with Crippen LogP contribution in [0.1, 0.15) is 0 Å². The molecule has 0 saturated heterocycles. The van der Waals surface area contributed by atoms with Crippen molar-refractivity contribution in [1.82, 2.24) is 0 Å². The second kappa shape index (κ2) is 6.54. The van der Waals surface area contributed by atoms with Gasteiger partial charge in [-0.1, -0.05) is 0 Å². The standard InChI is InChI=1S/C13F24/c14-2-1(11(29,30)31,12(32,33)34)3(15,13(35,36)37)6(19,20)7(21,22)4(2,16)8(23,24)10(27,28)9(25,26)5(2,17)18. The Labute approximate surface area is 183 Å². The second-order valence-corrected chi connectivity index (χ2v) is 7.67. The molecule has 0 aromatic heterocycles. The summed E-state index contributed by atoms with van der Waals surface area (Å²) in [5.74, 6) is -55.7. The van der Waals surface area contributed by atoms with Crippen LogP contribution in [-0.2, 0) is 0 Å². The minimum Gasteiger partial charge on any atom is -0.231 e. The van der Waals surface area contributed by atoms with Gasteiger partial charge in [0.1, 0.15) is 0 Å². The normalized spacial score (nSPS) is 39.6. The lowest BCUT2D eigenvalue weighted by Gasteiger charge is -2.68. The van der Waals surface area contributed by atoms with Crippen LogP contribution in [0.2, 0.25) is 0 Å². The Morgan fingerprint density at radius 2 is 0.514 bits per heavy atom. The zero-order valence-corrected chi connectivity index (χ0v) is 15.6. The van der Waals surface area contributed by atoms with Crippen molar-refractivity contribution in [3.05, 3.63) is 0 Å². The lowest BCUT2D eigenvalue weighted by molar-refractivity contribution is -0.595. The predicted molar refractivity (Wildman–Crippen MR) is 61.8 cm³/mol. The number of rotatable bonds is 0. The first-order chi connectivity index (χ1) is 15.5. The van der Waals surface area contributed by atoms with Crippen molar-refractivity contribution in [2.24, 2.45) is 5.41 Å². The highest BCUT2D eigenvalue weighted by molar-refractivity contribution is 5.47. The fourth-order valence-corrected chi connectivity index (χ4v) is 4.41. The fourth-order valence-electron chi connectivity index (χ4n) is 4.41. The molecule has 0 spiro atoms. The Morgan fingerprint density at radius 1 is 0.270 bits per heavy atom. The first kappa shape index (κ1) is 31.5. The third-order valence-electron chi connectivity index (χ3n) is 6.06. The van der Waals surface area contributed by atoms with Gasteiger partial charge in [-0.15, -0.1) is 0 Å². The van der Waals surface area contributed by atoms with Gasteiger partial charge in [0, 0.05) is 0 Å². The smallest absolute Gasteiger partial charge is 0.231 e. The van der Waals surface area contributed by atoms with Crippen LogP contribution in [0.3, 0.4) is 0 Å². The second-order valence-electron chi connectivity index (χ2n) is 7.67. The van der Waals surface area contributed by atoms with Crippen LogP contribution in [-0.4, -0.2) is 71.1 Å². The zero-order chi connectivity index (χ0) is 30.5. The molecule has 2 aliphatic carbocycles. The Morgan fingerprint density at radius 3 is 0.757 bits per heavy atom. The highest BCUT2D eigenvalue weighted by Crippen LogP contribution is 2.87. The molecule has 0 aromatic carbocycles.